The molecule has 0 saturated carbocycles. The average molecular weight is 477 g/mol. The molecule has 1 atom stereocenters. The largest absolute Gasteiger partial charge is 0.493 e. The zero-order valence-electron chi connectivity index (χ0n) is 18.9. The first kappa shape index (κ1) is 23.6. The molecule has 11 nitrogen and oxygen atoms in total. The molecule has 1 N–H and O–H groups in total. The van der Waals surface area contributed by atoms with Crippen molar-refractivity contribution in [1.29, 1.82) is 0 Å². The summed E-state index contributed by atoms with van der Waals surface area (Å²) in [6, 6.07) is 11.5. The minimum atomic E-state index is -1.02. The Morgan fingerprint density at radius 3 is 2.80 bits per heavy atom. The first-order valence-electron chi connectivity index (χ1n) is 10.7. The Morgan fingerprint density at radius 1 is 1.26 bits per heavy atom. The number of para-hydroxylation sites is 2. The van der Waals surface area contributed by atoms with Crippen LogP contribution < -0.4 is 15.0 Å². The molecule has 2 aromatic carbocycles. The Labute approximate surface area is 199 Å². The lowest BCUT2D eigenvalue weighted by atomic mass is 10.1. The fraction of sp³-hybridized carbons (Fsp3) is 0.208. The van der Waals surface area contributed by atoms with Gasteiger partial charge in [-0.2, -0.15) is 5.10 Å². The standard InChI is InChI=1S/C24H23N5O6/c1-3-6-16-9-10-21(22(11-16)34-2)35-14-17(30)13-27-15-25-23-18(24(27)31)12-26-28(23)19-7-4-5-8-20(19)29(32)33/h3-5,7-12,15,17,30H,1,6,13-14H2,2H3/t17-/m0/s1. The molecular formula is C24H23N5O6. The summed E-state index contributed by atoms with van der Waals surface area (Å²) < 4.78 is 13.6. The molecule has 4 rings (SSSR count). The number of rotatable bonds is 10. The number of aromatic nitrogens is 4. The Balaban J connectivity index is 1.52. The van der Waals surface area contributed by atoms with Gasteiger partial charge in [0.2, 0.25) is 0 Å². The van der Waals surface area contributed by atoms with Crippen molar-refractivity contribution in [3.63, 3.8) is 0 Å². The second-order valence-corrected chi connectivity index (χ2v) is 7.68. The van der Waals surface area contributed by atoms with Crippen LogP contribution in [0.2, 0.25) is 0 Å². The molecule has 0 aliphatic rings. The summed E-state index contributed by atoms with van der Waals surface area (Å²) in [7, 11) is 1.53. The van der Waals surface area contributed by atoms with Crippen molar-refractivity contribution in [2.75, 3.05) is 13.7 Å². The highest BCUT2D eigenvalue weighted by Gasteiger charge is 2.20. The minimum absolute atomic E-state index is 0.0741. The van der Waals surface area contributed by atoms with Gasteiger partial charge in [0, 0.05) is 6.07 Å². The summed E-state index contributed by atoms with van der Waals surface area (Å²) in [6.45, 7) is 3.56. The zero-order valence-corrected chi connectivity index (χ0v) is 18.9. The highest BCUT2D eigenvalue weighted by Crippen LogP contribution is 2.28. The third-order valence-electron chi connectivity index (χ3n) is 5.31. The van der Waals surface area contributed by atoms with Crippen LogP contribution in [0.15, 0.2) is 72.4 Å². The Morgan fingerprint density at radius 2 is 2.06 bits per heavy atom. The first-order chi connectivity index (χ1) is 16.9. The lowest BCUT2D eigenvalue weighted by Crippen LogP contribution is -2.30. The van der Waals surface area contributed by atoms with Gasteiger partial charge in [-0.1, -0.05) is 24.3 Å². The average Bonchev–Trinajstić information content (AvgIpc) is 3.29. The summed E-state index contributed by atoms with van der Waals surface area (Å²) >= 11 is 0. The fourth-order valence-electron chi connectivity index (χ4n) is 3.64. The van der Waals surface area contributed by atoms with Crippen molar-refractivity contribution < 1.29 is 19.5 Å². The molecular weight excluding hydrogens is 454 g/mol. The van der Waals surface area contributed by atoms with Gasteiger partial charge in [0.15, 0.2) is 17.1 Å². The maximum absolute atomic E-state index is 13.0. The van der Waals surface area contributed by atoms with Gasteiger partial charge in [0.05, 0.1) is 24.8 Å². The molecule has 0 aliphatic heterocycles. The van der Waals surface area contributed by atoms with E-state index in [0.29, 0.717) is 17.9 Å². The van der Waals surface area contributed by atoms with E-state index in [-0.39, 0.29) is 35.6 Å². The number of aliphatic hydroxyl groups is 1. The molecule has 2 heterocycles. The summed E-state index contributed by atoms with van der Waals surface area (Å²) in [6.07, 6.45) is 4.02. The number of hydrogen-bond donors (Lipinski definition) is 1. The smallest absolute Gasteiger partial charge is 0.294 e. The molecule has 0 radical (unpaired) electrons. The van der Waals surface area contributed by atoms with Crippen LogP contribution >= 0.6 is 0 Å². The summed E-state index contributed by atoms with van der Waals surface area (Å²) in [5.74, 6) is 0.991. The van der Waals surface area contributed by atoms with Crippen LogP contribution in [0.3, 0.4) is 0 Å². The second-order valence-electron chi connectivity index (χ2n) is 7.68. The van der Waals surface area contributed by atoms with Crippen LogP contribution in [0.5, 0.6) is 11.5 Å². The number of nitrogens with zero attached hydrogens (tertiary/aromatic N) is 5. The normalized spacial score (nSPS) is 11.8. The van der Waals surface area contributed by atoms with E-state index in [0.717, 1.165) is 5.56 Å². The van der Waals surface area contributed by atoms with E-state index in [1.54, 1.807) is 24.3 Å². The van der Waals surface area contributed by atoms with Crippen molar-refractivity contribution in [3.05, 3.63) is 93.7 Å². The van der Waals surface area contributed by atoms with Crippen molar-refractivity contribution in [2.45, 2.75) is 19.1 Å². The molecule has 2 aromatic heterocycles. The number of benzene rings is 2. The van der Waals surface area contributed by atoms with E-state index in [2.05, 4.69) is 16.7 Å². The Kier molecular flexibility index (Phi) is 6.88. The van der Waals surface area contributed by atoms with Gasteiger partial charge in [-0.25, -0.2) is 9.67 Å². The third kappa shape index (κ3) is 4.89. The van der Waals surface area contributed by atoms with E-state index in [9.17, 15) is 20.0 Å². The van der Waals surface area contributed by atoms with E-state index in [1.807, 2.05) is 12.1 Å². The van der Waals surface area contributed by atoms with Gasteiger partial charge >= 0.3 is 0 Å². The monoisotopic (exact) mass is 477 g/mol. The third-order valence-corrected chi connectivity index (χ3v) is 5.31. The van der Waals surface area contributed by atoms with Gasteiger partial charge in [-0.15, -0.1) is 6.58 Å². The van der Waals surface area contributed by atoms with Crippen LogP contribution in [0.4, 0.5) is 5.69 Å². The highest BCUT2D eigenvalue weighted by molar-refractivity contribution is 5.76. The minimum Gasteiger partial charge on any atom is -0.493 e. The van der Waals surface area contributed by atoms with Gasteiger partial charge in [-0.3, -0.25) is 19.5 Å². The van der Waals surface area contributed by atoms with Crippen LogP contribution in [0, 0.1) is 10.1 Å². The number of nitro benzene ring substituents is 1. The predicted molar refractivity (Wildman–Crippen MR) is 128 cm³/mol. The molecule has 0 fully saturated rings. The molecule has 0 saturated heterocycles. The lowest BCUT2D eigenvalue weighted by Gasteiger charge is -2.16. The molecule has 180 valence electrons. The van der Waals surface area contributed by atoms with Crippen molar-refractivity contribution >= 4 is 16.7 Å². The molecule has 0 spiro atoms. The van der Waals surface area contributed by atoms with Gasteiger partial charge in [-0.05, 0) is 30.2 Å². The molecule has 35 heavy (non-hydrogen) atoms. The van der Waals surface area contributed by atoms with Crippen molar-refractivity contribution in [3.8, 4) is 17.2 Å². The fourth-order valence-corrected chi connectivity index (χ4v) is 3.64. The summed E-state index contributed by atoms with van der Waals surface area (Å²) in [5.41, 5.74) is 0.778. The maximum atomic E-state index is 13.0. The van der Waals surface area contributed by atoms with E-state index in [1.165, 1.54) is 41.0 Å². The van der Waals surface area contributed by atoms with E-state index in [4.69, 9.17) is 9.47 Å². The topological polar surface area (TPSA) is 135 Å². The number of fused-ring (bicyclic) bond motifs is 1. The highest BCUT2D eigenvalue weighted by atomic mass is 16.6. The molecule has 4 aromatic rings. The summed E-state index contributed by atoms with van der Waals surface area (Å²) in [5, 5.41) is 26.2. The second kappa shape index (κ2) is 10.2. The Bertz CT molecular complexity index is 1440. The maximum Gasteiger partial charge on any atom is 0.294 e. The number of ether oxygens (including phenoxy) is 2. The van der Waals surface area contributed by atoms with Crippen LogP contribution in [-0.2, 0) is 13.0 Å². The van der Waals surface area contributed by atoms with E-state index < -0.39 is 16.6 Å². The molecule has 11 heteroatoms. The van der Waals surface area contributed by atoms with Crippen molar-refractivity contribution in [1.82, 2.24) is 19.3 Å². The number of nitro groups is 1. The summed E-state index contributed by atoms with van der Waals surface area (Å²) in [4.78, 5) is 28.1. The molecule has 0 amide bonds. The Hall–Kier alpha value is -4.51. The first-order valence-corrected chi connectivity index (χ1v) is 10.7. The predicted octanol–water partition coefficient (Wildman–Crippen LogP) is 2.67. The van der Waals surface area contributed by atoms with Gasteiger partial charge in [0.1, 0.15) is 30.1 Å². The number of hydrogen-bond acceptors (Lipinski definition) is 8. The SMILES string of the molecule is C=CCc1ccc(OC[C@@H](O)Cn2cnc3c(cnn3-c3ccccc3[N+](=O)[O-])c2=O)c(OC)c1. The zero-order chi connectivity index (χ0) is 24.9. The molecule has 0 aliphatic carbocycles. The lowest BCUT2D eigenvalue weighted by molar-refractivity contribution is -0.384. The number of allylic oxidation sites excluding steroid dienone is 1. The van der Waals surface area contributed by atoms with Crippen molar-refractivity contribution in [2.24, 2.45) is 0 Å². The van der Waals surface area contributed by atoms with Crippen LogP contribution in [0.1, 0.15) is 5.56 Å². The van der Waals surface area contributed by atoms with E-state index >= 15 is 0 Å². The quantitative estimate of drug-likeness (QED) is 0.209. The molecule has 0 bridgehead atoms. The number of methoxy groups -OCH3 is 1. The number of aliphatic hydroxyl groups excluding tert-OH is 1. The molecule has 0 unspecified atom stereocenters. The van der Waals surface area contributed by atoms with Crippen LogP contribution in [-0.4, -0.2) is 49.2 Å². The van der Waals surface area contributed by atoms with Gasteiger partial charge < -0.3 is 14.6 Å². The van der Waals surface area contributed by atoms with Crippen LogP contribution in [0.25, 0.3) is 16.7 Å². The van der Waals surface area contributed by atoms with Gasteiger partial charge in [0.25, 0.3) is 11.2 Å².